The number of phosphoric acid groups is 1. The summed E-state index contributed by atoms with van der Waals surface area (Å²) in [4.78, 5) is 34.9. The molecule has 0 aromatic carbocycles. The standard InChI is InChI=1S/C46H77O11P/c1-3-5-7-9-11-12-13-14-15-16-17-22-25-29-33-37-46(51)57-44(41-56-58(52,53)55-39-43(49)38-47)40-54-45(50)36-32-28-24-21-19-18-20-23-27-31-35-42(48)34-30-26-10-8-6-4-2/h6,8,14-15,18-19,23-24,26-28,30-31,35,42-44,47-49H,3-5,7,9-13,16-17,20-22,25,29,32-34,36-41H2,1-2H3,(H,52,53)/b8-6-,15-14-,19-18-,27-23-,28-24-,30-26-,35-31+/t42?,43-,44+/m0/s1. The number of hydrogen-bond donors (Lipinski definition) is 4. The minimum absolute atomic E-state index is 0.0872. The van der Waals surface area contributed by atoms with Crippen molar-refractivity contribution in [3.63, 3.8) is 0 Å². The minimum atomic E-state index is -4.65. The zero-order valence-corrected chi connectivity index (χ0v) is 36.5. The predicted molar refractivity (Wildman–Crippen MR) is 234 cm³/mol. The highest BCUT2D eigenvalue weighted by Gasteiger charge is 2.27. The first-order valence-electron chi connectivity index (χ1n) is 21.7. The van der Waals surface area contributed by atoms with Gasteiger partial charge < -0.3 is 29.7 Å². The summed E-state index contributed by atoms with van der Waals surface area (Å²) in [5.41, 5.74) is 0. The van der Waals surface area contributed by atoms with Crippen molar-refractivity contribution in [2.75, 3.05) is 26.4 Å². The van der Waals surface area contributed by atoms with Crippen LogP contribution in [-0.4, -0.2) is 76.9 Å². The molecule has 0 aliphatic heterocycles. The Hall–Kier alpha value is -2.89. The maximum Gasteiger partial charge on any atom is 0.472 e. The highest BCUT2D eigenvalue weighted by Crippen LogP contribution is 2.43. The SMILES string of the molecule is CC/C=C\C/C=C\CC(O)/C=C/C=C\C/C=C\C/C=C\CCC(=O)OC[C@H](COP(=O)(O)OC[C@@H](O)CO)OC(=O)CCCCCCC/C=C\CCCCCCCC. The number of rotatable bonds is 39. The average molecular weight is 837 g/mol. The number of phosphoric ester groups is 1. The van der Waals surface area contributed by atoms with Crippen molar-refractivity contribution in [3.05, 3.63) is 85.1 Å². The van der Waals surface area contributed by atoms with Crippen LogP contribution in [0.3, 0.4) is 0 Å². The highest BCUT2D eigenvalue weighted by atomic mass is 31.2. The van der Waals surface area contributed by atoms with Crippen LogP contribution in [0, 0.1) is 0 Å². The average Bonchev–Trinajstić information content (AvgIpc) is 3.21. The van der Waals surface area contributed by atoms with Crippen LogP contribution in [0.25, 0.3) is 0 Å². The summed E-state index contributed by atoms with van der Waals surface area (Å²) in [5, 5.41) is 28.3. The highest BCUT2D eigenvalue weighted by molar-refractivity contribution is 7.47. The second kappa shape index (κ2) is 40.9. The number of ether oxygens (including phenoxy) is 2. The predicted octanol–water partition coefficient (Wildman–Crippen LogP) is 10.4. The minimum Gasteiger partial charge on any atom is -0.462 e. The van der Waals surface area contributed by atoms with Crippen molar-refractivity contribution in [2.24, 2.45) is 0 Å². The maximum atomic E-state index is 12.6. The molecule has 0 amide bonds. The number of aliphatic hydroxyl groups excluding tert-OH is 3. The number of carbonyl (C=O) groups excluding carboxylic acids is 2. The molecule has 0 aliphatic carbocycles. The van der Waals surface area contributed by atoms with Gasteiger partial charge in [0.2, 0.25) is 0 Å². The second-order valence-corrected chi connectivity index (χ2v) is 15.6. The maximum absolute atomic E-state index is 12.6. The monoisotopic (exact) mass is 837 g/mol. The Morgan fingerprint density at radius 1 is 0.603 bits per heavy atom. The molecule has 0 bridgehead atoms. The third-order valence-corrected chi connectivity index (χ3v) is 9.58. The number of unbranched alkanes of at least 4 members (excludes halogenated alkanes) is 11. The van der Waals surface area contributed by atoms with Crippen molar-refractivity contribution < 1.29 is 52.9 Å². The Bertz CT molecular complexity index is 1250. The molecule has 0 rings (SSSR count). The van der Waals surface area contributed by atoms with Crippen LogP contribution >= 0.6 is 7.82 Å². The molecule has 0 saturated carbocycles. The van der Waals surface area contributed by atoms with Gasteiger partial charge in [0.1, 0.15) is 12.7 Å². The molecule has 58 heavy (non-hydrogen) atoms. The van der Waals surface area contributed by atoms with Crippen LogP contribution < -0.4 is 0 Å². The van der Waals surface area contributed by atoms with Crippen molar-refractivity contribution >= 4 is 19.8 Å². The van der Waals surface area contributed by atoms with E-state index in [-0.39, 0.29) is 19.4 Å². The molecule has 2 unspecified atom stereocenters. The lowest BCUT2D eigenvalue weighted by atomic mass is 10.1. The van der Waals surface area contributed by atoms with E-state index in [2.05, 4.69) is 48.8 Å². The lowest BCUT2D eigenvalue weighted by Gasteiger charge is -2.20. The second-order valence-electron chi connectivity index (χ2n) is 14.2. The molecule has 0 aromatic rings. The Labute approximate surface area is 350 Å². The Morgan fingerprint density at radius 2 is 1.17 bits per heavy atom. The third-order valence-electron chi connectivity index (χ3n) is 8.63. The lowest BCUT2D eigenvalue weighted by Crippen LogP contribution is -2.29. The Morgan fingerprint density at radius 3 is 1.84 bits per heavy atom. The van der Waals surface area contributed by atoms with Crippen LogP contribution in [0.2, 0.25) is 0 Å². The Balaban J connectivity index is 4.50. The third kappa shape index (κ3) is 39.9. The summed E-state index contributed by atoms with van der Waals surface area (Å²) >= 11 is 0. The van der Waals surface area contributed by atoms with E-state index in [4.69, 9.17) is 19.1 Å². The van der Waals surface area contributed by atoms with Gasteiger partial charge in [0, 0.05) is 12.8 Å². The molecule has 4 N–H and O–H groups in total. The van der Waals surface area contributed by atoms with Gasteiger partial charge in [0.15, 0.2) is 6.10 Å². The zero-order chi connectivity index (χ0) is 42.8. The van der Waals surface area contributed by atoms with E-state index in [9.17, 15) is 29.3 Å². The number of hydrogen-bond acceptors (Lipinski definition) is 10. The molecule has 0 aliphatic rings. The Kier molecular flexibility index (Phi) is 38.8. The molecule has 0 heterocycles. The first-order valence-corrected chi connectivity index (χ1v) is 23.1. The van der Waals surface area contributed by atoms with Crippen molar-refractivity contribution in [1.82, 2.24) is 0 Å². The number of allylic oxidation sites excluding steroid dienone is 12. The summed E-state index contributed by atoms with van der Waals surface area (Å²) in [7, 11) is -4.65. The van der Waals surface area contributed by atoms with E-state index in [1.807, 2.05) is 48.6 Å². The van der Waals surface area contributed by atoms with Crippen molar-refractivity contribution in [2.45, 2.75) is 167 Å². The van der Waals surface area contributed by atoms with E-state index in [1.54, 1.807) is 6.08 Å². The normalized spacial score (nSPS) is 15.2. The first kappa shape index (κ1) is 55.1. The van der Waals surface area contributed by atoms with Gasteiger partial charge in [-0.1, -0.05) is 150 Å². The van der Waals surface area contributed by atoms with Crippen LogP contribution in [-0.2, 0) is 32.7 Å². The molecule has 0 aromatic heterocycles. The molecule has 4 atom stereocenters. The fraction of sp³-hybridized carbons (Fsp3) is 0.652. The summed E-state index contributed by atoms with van der Waals surface area (Å²) in [6.45, 7) is 2.07. The fourth-order valence-electron chi connectivity index (χ4n) is 5.27. The van der Waals surface area contributed by atoms with Crippen LogP contribution in [0.1, 0.15) is 149 Å². The molecule has 332 valence electrons. The van der Waals surface area contributed by atoms with Crippen molar-refractivity contribution in [3.8, 4) is 0 Å². The molecule has 0 radical (unpaired) electrons. The van der Waals surface area contributed by atoms with E-state index in [0.717, 1.165) is 57.8 Å². The number of aliphatic hydroxyl groups is 3. The van der Waals surface area contributed by atoms with Crippen LogP contribution in [0.5, 0.6) is 0 Å². The smallest absolute Gasteiger partial charge is 0.462 e. The topological polar surface area (TPSA) is 169 Å². The van der Waals surface area contributed by atoms with Gasteiger partial charge in [0.25, 0.3) is 0 Å². The zero-order valence-electron chi connectivity index (χ0n) is 35.6. The summed E-state index contributed by atoms with van der Waals surface area (Å²) in [5.74, 6) is -1.07. The summed E-state index contributed by atoms with van der Waals surface area (Å²) in [6.07, 6.45) is 44.5. The van der Waals surface area contributed by atoms with Crippen molar-refractivity contribution in [1.29, 1.82) is 0 Å². The largest absolute Gasteiger partial charge is 0.472 e. The van der Waals surface area contributed by atoms with Gasteiger partial charge in [0.05, 0.1) is 25.9 Å². The van der Waals surface area contributed by atoms with E-state index in [0.29, 0.717) is 25.7 Å². The van der Waals surface area contributed by atoms with E-state index in [1.165, 1.54) is 38.5 Å². The summed E-state index contributed by atoms with van der Waals surface area (Å²) < 4.78 is 32.6. The number of esters is 2. The first-order chi connectivity index (χ1) is 28.1. The van der Waals surface area contributed by atoms with Gasteiger partial charge in [-0.05, 0) is 70.6 Å². The van der Waals surface area contributed by atoms with Gasteiger partial charge in [-0.3, -0.25) is 18.6 Å². The summed E-state index contributed by atoms with van der Waals surface area (Å²) in [6, 6.07) is 0. The molecule has 11 nitrogen and oxygen atoms in total. The molecule has 12 heteroatoms. The molecular weight excluding hydrogens is 759 g/mol. The molecule has 0 saturated heterocycles. The van der Waals surface area contributed by atoms with E-state index >= 15 is 0 Å². The molecule has 0 fully saturated rings. The van der Waals surface area contributed by atoms with Gasteiger partial charge in [-0.2, -0.15) is 0 Å². The molecular formula is C46H77O11P. The number of carbonyl (C=O) groups is 2. The fourth-order valence-corrected chi connectivity index (χ4v) is 6.06. The molecule has 0 spiro atoms. The van der Waals surface area contributed by atoms with Crippen LogP contribution in [0.4, 0.5) is 0 Å². The van der Waals surface area contributed by atoms with Gasteiger partial charge in [-0.15, -0.1) is 0 Å². The van der Waals surface area contributed by atoms with Crippen LogP contribution in [0.15, 0.2) is 85.1 Å². The van der Waals surface area contributed by atoms with Gasteiger partial charge >= 0.3 is 19.8 Å². The van der Waals surface area contributed by atoms with Gasteiger partial charge in [-0.25, -0.2) is 4.57 Å². The quantitative estimate of drug-likeness (QED) is 0.0153. The van der Waals surface area contributed by atoms with E-state index < -0.39 is 57.9 Å². The lowest BCUT2D eigenvalue weighted by molar-refractivity contribution is -0.161.